The van der Waals surface area contributed by atoms with Gasteiger partial charge in [0.05, 0.1) is 10.0 Å². The minimum atomic E-state index is -0.609. The van der Waals surface area contributed by atoms with Gasteiger partial charge in [0, 0.05) is 5.56 Å². The molecule has 0 unspecified atom stereocenters. The molecular weight excluding hydrogens is 344 g/mol. The highest BCUT2D eigenvalue weighted by molar-refractivity contribution is 6.42. The summed E-state index contributed by atoms with van der Waals surface area (Å²) < 4.78 is 17.7. The van der Waals surface area contributed by atoms with E-state index in [0.717, 1.165) is 0 Å². The van der Waals surface area contributed by atoms with Crippen molar-refractivity contribution in [2.24, 2.45) is 0 Å². The summed E-state index contributed by atoms with van der Waals surface area (Å²) in [7, 11) is 0. The number of esters is 1. The smallest absolute Gasteiger partial charge is 0.325 e. The van der Waals surface area contributed by atoms with Crippen LogP contribution >= 0.6 is 23.2 Å². The van der Waals surface area contributed by atoms with E-state index in [9.17, 15) is 14.0 Å². The zero-order valence-corrected chi connectivity index (χ0v) is 13.3. The van der Waals surface area contributed by atoms with Gasteiger partial charge in [-0.25, -0.2) is 4.39 Å². The van der Waals surface area contributed by atoms with E-state index in [0.29, 0.717) is 10.6 Å². The lowest BCUT2D eigenvalue weighted by Crippen LogP contribution is -2.30. The Hall–Kier alpha value is -2.11. The first-order chi connectivity index (χ1) is 11.0. The van der Waals surface area contributed by atoms with Crippen LogP contribution in [0, 0.1) is 5.82 Å². The van der Waals surface area contributed by atoms with Crippen molar-refractivity contribution in [2.75, 3.05) is 6.54 Å². The lowest BCUT2D eigenvalue weighted by molar-refractivity contribution is -0.143. The number of benzene rings is 2. The van der Waals surface area contributed by atoms with E-state index in [-0.39, 0.29) is 29.6 Å². The molecule has 0 aliphatic heterocycles. The number of nitrogens with one attached hydrogen (secondary N) is 1. The Morgan fingerprint density at radius 2 is 1.74 bits per heavy atom. The SMILES string of the molecule is O=C(CNC(=O)c1ccc(Cl)c(Cl)c1)OCc1ccc(F)cc1. The van der Waals surface area contributed by atoms with Crippen molar-refractivity contribution in [1.29, 1.82) is 0 Å². The van der Waals surface area contributed by atoms with Crippen LogP contribution < -0.4 is 5.32 Å². The van der Waals surface area contributed by atoms with Crippen molar-refractivity contribution in [3.8, 4) is 0 Å². The standard InChI is InChI=1S/C16H12Cl2FNO3/c17-13-6-3-11(7-14(13)18)16(22)20-8-15(21)23-9-10-1-4-12(19)5-2-10/h1-7H,8-9H2,(H,20,22). The third-order valence-corrected chi connectivity index (χ3v) is 3.63. The molecule has 4 nitrogen and oxygen atoms in total. The molecule has 2 aromatic carbocycles. The molecule has 23 heavy (non-hydrogen) atoms. The summed E-state index contributed by atoms with van der Waals surface area (Å²) >= 11 is 11.6. The molecule has 0 fully saturated rings. The number of amides is 1. The zero-order chi connectivity index (χ0) is 16.8. The molecule has 0 aliphatic rings. The minimum Gasteiger partial charge on any atom is -0.460 e. The first kappa shape index (κ1) is 17.2. The second-order valence-electron chi connectivity index (χ2n) is 4.60. The Kier molecular flexibility index (Phi) is 5.96. The van der Waals surface area contributed by atoms with Crippen molar-refractivity contribution < 1.29 is 18.7 Å². The Morgan fingerprint density at radius 3 is 2.39 bits per heavy atom. The molecule has 0 radical (unpaired) electrons. The minimum absolute atomic E-state index is 0.00174. The number of hydrogen-bond acceptors (Lipinski definition) is 3. The van der Waals surface area contributed by atoms with Gasteiger partial charge in [-0.1, -0.05) is 35.3 Å². The van der Waals surface area contributed by atoms with Crippen LogP contribution in [0.3, 0.4) is 0 Å². The molecule has 0 atom stereocenters. The lowest BCUT2D eigenvalue weighted by atomic mass is 10.2. The summed E-state index contributed by atoms with van der Waals surface area (Å²) in [4.78, 5) is 23.4. The first-order valence-electron chi connectivity index (χ1n) is 6.59. The molecule has 120 valence electrons. The molecule has 0 aliphatic carbocycles. The maximum absolute atomic E-state index is 12.7. The predicted octanol–water partition coefficient (Wildman–Crippen LogP) is 3.61. The summed E-state index contributed by atoms with van der Waals surface area (Å²) in [5.74, 6) is -1.45. The molecule has 0 aromatic heterocycles. The molecule has 7 heteroatoms. The fourth-order valence-electron chi connectivity index (χ4n) is 1.69. The average Bonchev–Trinajstić information content (AvgIpc) is 2.54. The maximum Gasteiger partial charge on any atom is 0.325 e. The molecule has 0 saturated heterocycles. The molecule has 0 bridgehead atoms. The summed E-state index contributed by atoms with van der Waals surface area (Å²) in [6.07, 6.45) is 0. The Labute approximate surface area is 142 Å². The second-order valence-corrected chi connectivity index (χ2v) is 5.41. The van der Waals surface area contributed by atoms with Crippen LogP contribution in [-0.2, 0) is 16.1 Å². The Morgan fingerprint density at radius 1 is 1.04 bits per heavy atom. The van der Waals surface area contributed by atoms with Crippen molar-refractivity contribution in [3.05, 3.63) is 69.5 Å². The summed E-state index contributed by atoms with van der Waals surface area (Å²) in [6.45, 7) is -0.290. The summed E-state index contributed by atoms with van der Waals surface area (Å²) in [6, 6.07) is 9.96. The average molecular weight is 356 g/mol. The van der Waals surface area contributed by atoms with Gasteiger partial charge in [0.25, 0.3) is 5.91 Å². The van der Waals surface area contributed by atoms with E-state index in [1.54, 1.807) is 0 Å². The summed E-state index contributed by atoms with van der Waals surface area (Å²) in [5, 5.41) is 3.00. The van der Waals surface area contributed by atoms with Crippen LogP contribution in [-0.4, -0.2) is 18.4 Å². The van der Waals surface area contributed by atoms with Gasteiger partial charge in [0.1, 0.15) is 19.0 Å². The number of rotatable bonds is 5. The molecule has 2 aromatic rings. The molecule has 0 spiro atoms. The maximum atomic E-state index is 12.7. The number of hydrogen-bond donors (Lipinski definition) is 1. The molecule has 0 heterocycles. The molecule has 0 saturated carbocycles. The van der Waals surface area contributed by atoms with Crippen molar-refractivity contribution in [3.63, 3.8) is 0 Å². The van der Waals surface area contributed by atoms with E-state index < -0.39 is 11.9 Å². The second kappa shape index (κ2) is 7.94. The molecule has 2 rings (SSSR count). The number of carbonyl (C=O) groups is 2. The monoisotopic (exact) mass is 355 g/mol. The fraction of sp³-hybridized carbons (Fsp3) is 0.125. The molecule has 1 N–H and O–H groups in total. The van der Waals surface area contributed by atoms with Crippen molar-refractivity contribution in [1.82, 2.24) is 5.32 Å². The van der Waals surface area contributed by atoms with Crippen LogP contribution in [0.4, 0.5) is 4.39 Å². The highest BCUT2D eigenvalue weighted by atomic mass is 35.5. The van der Waals surface area contributed by atoms with Crippen LogP contribution in [0.25, 0.3) is 0 Å². The Balaban J connectivity index is 1.80. The first-order valence-corrected chi connectivity index (χ1v) is 7.34. The van der Waals surface area contributed by atoms with E-state index in [1.165, 1.54) is 42.5 Å². The van der Waals surface area contributed by atoms with Gasteiger partial charge in [-0.2, -0.15) is 0 Å². The number of halogens is 3. The lowest BCUT2D eigenvalue weighted by Gasteiger charge is -2.07. The van der Waals surface area contributed by atoms with Crippen molar-refractivity contribution >= 4 is 35.1 Å². The van der Waals surface area contributed by atoms with Gasteiger partial charge in [-0.05, 0) is 35.9 Å². The van der Waals surface area contributed by atoms with Gasteiger partial charge in [0.15, 0.2) is 0 Å². The number of ether oxygens (including phenoxy) is 1. The van der Waals surface area contributed by atoms with E-state index in [4.69, 9.17) is 27.9 Å². The third-order valence-electron chi connectivity index (χ3n) is 2.89. The van der Waals surface area contributed by atoms with Crippen LogP contribution in [0.2, 0.25) is 10.0 Å². The van der Waals surface area contributed by atoms with Gasteiger partial charge in [-0.15, -0.1) is 0 Å². The highest BCUT2D eigenvalue weighted by Crippen LogP contribution is 2.22. The Bertz CT molecular complexity index is 720. The van der Waals surface area contributed by atoms with E-state index in [2.05, 4.69) is 5.32 Å². The van der Waals surface area contributed by atoms with Gasteiger partial charge in [0.2, 0.25) is 0 Å². The van der Waals surface area contributed by atoms with E-state index in [1.807, 2.05) is 0 Å². The quantitative estimate of drug-likeness (QED) is 0.833. The van der Waals surface area contributed by atoms with Gasteiger partial charge >= 0.3 is 5.97 Å². The largest absolute Gasteiger partial charge is 0.460 e. The highest BCUT2D eigenvalue weighted by Gasteiger charge is 2.10. The van der Waals surface area contributed by atoms with Gasteiger partial charge < -0.3 is 10.1 Å². The topological polar surface area (TPSA) is 55.4 Å². The summed E-state index contributed by atoms with van der Waals surface area (Å²) in [5.41, 5.74) is 0.932. The fourth-order valence-corrected chi connectivity index (χ4v) is 1.99. The van der Waals surface area contributed by atoms with Gasteiger partial charge in [-0.3, -0.25) is 9.59 Å². The zero-order valence-electron chi connectivity index (χ0n) is 11.8. The molecular formula is C16H12Cl2FNO3. The third kappa shape index (κ3) is 5.23. The van der Waals surface area contributed by atoms with Crippen LogP contribution in [0.1, 0.15) is 15.9 Å². The number of carbonyl (C=O) groups excluding carboxylic acids is 2. The van der Waals surface area contributed by atoms with E-state index >= 15 is 0 Å². The van der Waals surface area contributed by atoms with Crippen molar-refractivity contribution in [2.45, 2.75) is 6.61 Å². The van der Waals surface area contributed by atoms with Crippen LogP contribution in [0.5, 0.6) is 0 Å². The predicted molar refractivity (Wildman–Crippen MR) is 85.0 cm³/mol. The van der Waals surface area contributed by atoms with Crippen LogP contribution in [0.15, 0.2) is 42.5 Å². The molecule has 1 amide bonds. The normalized spacial score (nSPS) is 10.2.